The predicted octanol–water partition coefficient (Wildman–Crippen LogP) is 3.22. The molecule has 0 unspecified atom stereocenters. The van der Waals surface area contributed by atoms with Gasteiger partial charge < -0.3 is 9.73 Å². The highest BCUT2D eigenvalue weighted by Gasteiger charge is 2.25. The number of piperidine rings is 1. The van der Waals surface area contributed by atoms with Gasteiger partial charge in [0, 0.05) is 13.0 Å². The van der Waals surface area contributed by atoms with Crippen molar-refractivity contribution in [1.29, 1.82) is 0 Å². The fraction of sp³-hybridized carbons (Fsp3) is 0.500. The van der Waals surface area contributed by atoms with Gasteiger partial charge in [-0.2, -0.15) is 5.10 Å². The van der Waals surface area contributed by atoms with Crippen molar-refractivity contribution in [2.45, 2.75) is 25.7 Å². The van der Waals surface area contributed by atoms with Crippen LogP contribution < -0.4 is 5.32 Å². The molecule has 0 saturated carbocycles. The van der Waals surface area contributed by atoms with Crippen LogP contribution in [0.4, 0.5) is 0 Å². The Balaban J connectivity index is 2.00. The Kier molecular flexibility index (Phi) is 3.50. The number of rotatable bonds is 2. The van der Waals surface area contributed by atoms with E-state index >= 15 is 0 Å². The number of aryl methyl sites for hydroxylation is 2. The number of furan rings is 1. The number of nitrogens with zero attached hydrogens (tertiary/aromatic N) is 2. The van der Waals surface area contributed by atoms with E-state index in [0.29, 0.717) is 5.92 Å². The molecule has 5 heteroatoms. The number of hydrogen-bond donors (Lipinski definition) is 1. The van der Waals surface area contributed by atoms with E-state index in [0.717, 1.165) is 53.3 Å². The van der Waals surface area contributed by atoms with Crippen molar-refractivity contribution in [2.24, 2.45) is 7.05 Å². The fourth-order valence-electron chi connectivity index (χ4n) is 2.70. The third-order valence-electron chi connectivity index (χ3n) is 3.71. The molecule has 0 aliphatic carbocycles. The maximum absolute atomic E-state index is 5.73. The van der Waals surface area contributed by atoms with Crippen LogP contribution >= 0.6 is 15.9 Å². The molecule has 19 heavy (non-hydrogen) atoms. The summed E-state index contributed by atoms with van der Waals surface area (Å²) in [7, 11) is 1.97. The summed E-state index contributed by atoms with van der Waals surface area (Å²) in [5.41, 5.74) is 2.19. The molecule has 0 atom stereocenters. The topological polar surface area (TPSA) is 43.0 Å². The number of aromatic nitrogens is 2. The first-order valence-electron chi connectivity index (χ1n) is 6.66. The second-order valence-corrected chi connectivity index (χ2v) is 5.90. The highest BCUT2D eigenvalue weighted by Crippen LogP contribution is 2.37. The Labute approximate surface area is 121 Å². The van der Waals surface area contributed by atoms with Crippen molar-refractivity contribution >= 4 is 15.9 Å². The van der Waals surface area contributed by atoms with Crippen molar-refractivity contribution in [3.8, 4) is 11.5 Å². The molecule has 1 fully saturated rings. The predicted molar refractivity (Wildman–Crippen MR) is 78.2 cm³/mol. The average molecular weight is 324 g/mol. The van der Waals surface area contributed by atoms with Gasteiger partial charge in [-0.3, -0.25) is 4.68 Å². The van der Waals surface area contributed by atoms with Crippen LogP contribution in [0.15, 0.2) is 21.0 Å². The highest BCUT2D eigenvalue weighted by atomic mass is 79.9. The summed E-state index contributed by atoms with van der Waals surface area (Å²) in [5, 5.41) is 8.09. The Bertz CT molecular complexity index is 582. The quantitative estimate of drug-likeness (QED) is 0.922. The van der Waals surface area contributed by atoms with Crippen LogP contribution in [0, 0.1) is 6.92 Å². The summed E-state index contributed by atoms with van der Waals surface area (Å²) >= 11 is 3.72. The van der Waals surface area contributed by atoms with Crippen LogP contribution in [0.25, 0.3) is 11.5 Å². The SMILES string of the molecule is Cc1ccc(-c2c(Br)c(C3CCNCC3)nn2C)o1. The molecule has 3 heterocycles. The molecule has 1 saturated heterocycles. The molecule has 2 aromatic rings. The van der Waals surface area contributed by atoms with Crippen LogP contribution in [0.2, 0.25) is 0 Å². The van der Waals surface area contributed by atoms with Gasteiger partial charge in [-0.15, -0.1) is 0 Å². The molecule has 0 bridgehead atoms. The largest absolute Gasteiger partial charge is 0.460 e. The van der Waals surface area contributed by atoms with Crippen LogP contribution in [0.3, 0.4) is 0 Å². The van der Waals surface area contributed by atoms with E-state index in [1.165, 1.54) is 0 Å². The van der Waals surface area contributed by atoms with Crippen molar-refractivity contribution in [3.05, 3.63) is 28.1 Å². The van der Waals surface area contributed by atoms with Gasteiger partial charge in [0.1, 0.15) is 11.5 Å². The first-order valence-corrected chi connectivity index (χ1v) is 7.46. The molecule has 3 rings (SSSR count). The molecular weight excluding hydrogens is 306 g/mol. The summed E-state index contributed by atoms with van der Waals surface area (Å²) < 4.78 is 8.72. The van der Waals surface area contributed by atoms with Gasteiger partial charge in [-0.25, -0.2) is 0 Å². The fourth-order valence-corrected chi connectivity index (χ4v) is 3.56. The van der Waals surface area contributed by atoms with Gasteiger partial charge in [-0.1, -0.05) is 0 Å². The molecule has 1 aliphatic rings. The molecule has 0 aromatic carbocycles. The molecular formula is C14H18BrN3O. The summed E-state index contributed by atoms with van der Waals surface area (Å²) in [4.78, 5) is 0. The minimum atomic E-state index is 0.534. The molecule has 0 amide bonds. The molecule has 102 valence electrons. The van der Waals surface area contributed by atoms with Crippen molar-refractivity contribution < 1.29 is 4.42 Å². The smallest absolute Gasteiger partial charge is 0.153 e. The van der Waals surface area contributed by atoms with Gasteiger partial charge >= 0.3 is 0 Å². The normalized spacial score (nSPS) is 17.0. The summed E-state index contributed by atoms with van der Waals surface area (Å²) in [5.74, 6) is 2.33. The van der Waals surface area contributed by atoms with E-state index in [2.05, 4.69) is 21.2 Å². The lowest BCUT2D eigenvalue weighted by Gasteiger charge is -2.21. The lowest BCUT2D eigenvalue weighted by atomic mass is 9.94. The summed E-state index contributed by atoms with van der Waals surface area (Å²) in [6.07, 6.45) is 2.29. The second-order valence-electron chi connectivity index (χ2n) is 5.11. The van der Waals surface area contributed by atoms with Gasteiger partial charge in [0.2, 0.25) is 0 Å². The molecule has 0 radical (unpaired) electrons. The van der Waals surface area contributed by atoms with Crippen molar-refractivity contribution in [3.63, 3.8) is 0 Å². The lowest BCUT2D eigenvalue weighted by molar-refractivity contribution is 0.449. The zero-order valence-electron chi connectivity index (χ0n) is 11.2. The minimum Gasteiger partial charge on any atom is -0.460 e. The van der Waals surface area contributed by atoms with E-state index in [-0.39, 0.29) is 0 Å². The monoisotopic (exact) mass is 323 g/mol. The molecule has 0 spiro atoms. The average Bonchev–Trinajstić information content (AvgIpc) is 2.95. The molecule has 1 aliphatic heterocycles. The maximum Gasteiger partial charge on any atom is 0.153 e. The third kappa shape index (κ3) is 2.37. The Morgan fingerprint density at radius 2 is 2.11 bits per heavy atom. The van der Waals surface area contributed by atoms with Crippen molar-refractivity contribution in [2.75, 3.05) is 13.1 Å². The summed E-state index contributed by atoms with van der Waals surface area (Å²) in [6, 6.07) is 3.99. The van der Waals surface area contributed by atoms with Crippen LogP contribution in [-0.2, 0) is 7.05 Å². The Hall–Kier alpha value is -1.07. The summed E-state index contributed by atoms with van der Waals surface area (Å²) in [6.45, 7) is 4.10. The van der Waals surface area contributed by atoms with Gasteiger partial charge in [0.05, 0.1) is 10.2 Å². The van der Waals surface area contributed by atoms with Crippen LogP contribution in [0.5, 0.6) is 0 Å². The first kappa shape index (κ1) is 12.9. The second kappa shape index (κ2) is 5.13. The highest BCUT2D eigenvalue weighted by molar-refractivity contribution is 9.10. The van der Waals surface area contributed by atoms with Crippen LogP contribution in [0.1, 0.15) is 30.2 Å². The maximum atomic E-state index is 5.73. The van der Waals surface area contributed by atoms with E-state index in [1.807, 2.05) is 30.8 Å². The van der Waals surface area contributed by atoms with E-state index in [9.17, 15) is 0 Å². The van der Waals surface area contributed by atoms with E-state index in [4.69, 9.17) is 9.52 Å². The van der Waals surface area contributed by atoms with Gasteiger partial charge in [0.15, 0.2) is 5.76 Å². The molecule has 2 aromatic heterocycles. The Morgan fingerprint density at radius 1 is 1.37 bits per heavy atom. The Morgan fingerprint density at radius 3 is 2.74 bits per heavy atom. The molecule has 1 N–H and O–H groups in total. The number of hydrogen-bond acceptors (Lipinski definition) is 3. The van der Waals surface area contributed by atoms with E-state index < -0.39 is 0 Å². The third-order valence-corrected chi connectivity index (χ3v) is 4.50. The first-order chi connectivity index (χ1) is 9.16. The zero-order chi connectivity index (χ0) is 13.4. The molecule has 4 nitrogen and oxygen atoms in total. The van der Waals surface area contributed by atoms with Gasteiger partial charge in [0.25, 0.3) is 0 Å². The van der Waals surface area contributed by atoms with Crippen molar-refractivity contribution in [1.82, 2.24) is 15.1 Å². The van der Waals surface area contributed by atoms with Crippen LogP contribution in [-0.4, -0.2) is 22.9 Å². The zero-order valence-corrected chi connectivity index (χ0v) is 12.8. The standard InChI is InChI=1S/C14H18BrN3O/c1-9-3-4-11(19-9)14-12(15)13(17-18(14)2)10-5-7-16-8-6-10/h3-4,10,16H,5-8H2,1-2H3. The van der Waals surface area contributed by atoms with E-state index in [1.54, 1.807) is 0 Å². The number of nitrogens with one attached hydrogen (secondary N) is 1. The number of halogens is 1. The lowest BCUT2D eigenvalue weighted by Crippen LogP contribution is -2.27. The van der Waals surface area contributed by atoms with Gasteiger partial charge in [-0.05, 0) is 60.9 Å². The minimum absolute atomic E-state index is 0.534.